The average Bonchev–Trinajstić information content (AvgIpc) is 2.34. The van der Waals surface area contributed by atoms with Crippen molar-refractivity contribution in [1.82, 2.24) is 10.2 Å². The van der Waals surface area contributed by atoms with Crippen molar-refractivity contribution >= 4 is 21.7 Å². The summed E-state index contributed by atoms with van der Waals surface area (Å²) in [6, 6.07) is -0.675. The predicted octanol–water partition coefficient (Wildman–Crippen LogP) is -1.12. The van der Waals surface area contributed by atoms with Gasteiger partial charge in [0.1, 0.15) is 9.84 Å². The van der Waals surface area contributed by atoms with Crippen LogP contribution in [0.3, 0.4) is 0 Å². The van der Waals surface area contributed by atoms with E-state index in [2.05, 4.69) is 5.32 Å². The maximum atomic E-state index is 12.1. The maximum absolute atomic E-state index is 12.1. The van der Waals surface area contributed by atoms with Crippen molar-refractivity contribution in [2.24, 2.45) is 5.73 Å². The minimum atomic E-state index is -3.10. The van der Waals surface area contributed by atoms with E-state index in [1.165, 1.54) is 6.92 Å². The van der Waals surface area contributed by atoms with Crippen molar-refractivity contribution in [3.63, 3.8) is 0 Å². The molecule has 1 aliphatic heterocycles. The lowest BCUT2D eigenvalue weighted by atomic mass is 10.0. The smallest absolute Gasteiger partial charge is 0.239 e. The predicted molar refractivity (Wildman–Crippen MR) is 75.7 cm³/mol. The molecule has 0 aliphatic carbocycles. The first kappa shape index (κ1) is 16.9. The summed E-state index contributed by atoms with van der Waals surface area (Å²) in [6.07, 6.45) is 2.67. The van der Waals surface area contributed by atoms with Crippen LogP contribution < -0.4 is 11.1 Å². The van der Waals surface area contributed by atoms with Crippen LogP contribution in [0.1, 0.15) is 26.2 Å². The summed E-state index contributed by atoms with van der Waals surface area (Å²) in [6.45, 7) is 2.55. The Labute approximate surface area is 119 Å². The zero-order valence-corrected chi connectivity index (χ0v) is 12.8. The number of piperidine rings is 1. The number of hydrogen-bond acceptors (Lipinski definition) is 5. The third-order valence-corrected chi connectivity index (χ3v) is 4.31. The Balaban J connectivity index is 2.40. The molecule has 116 valence electrons. The third-order valence-electron chi connectivity index (χ3n) is 3.33. The van der Waals surface area contributed by atoms with Crippen LogP contribution in [-0.4, -0.2) is 62.3 Å². The Hall–Kier alpha value is -1.15. The first-order valence-electron chi connectivity index (χ1n) is 6.68. The molecule has 0 radical (unpaired) electrons. The van der Waals surface area contributed by atoms with Gasteiger partial charge in [-0.05, 0) is 19.3 Å². The van der Waals surface area contributed by atoms with Gasteiger partial charge < -0.3 is 16.0 Å². The number of nitrogens with one attached hydrogen (secondary N) is 1. The Morgan fingerprint density at radius 1 is 1.35 bits per heavy atom. The molecule has 1 rings (SSSR count). The molecule has 0 aromatic carbocycles. The molecule has 8 heteroatoms. The lowest BCUT2D eigenvalue weighted by molar-refractivity contribution is -0.133. The molecule has 1 unspecified atom stereocenters. The molecule has 20 heavy (non-hydrogen) atoms. The molecule has 1 heterocycles. The average molecular weight is 305 g/mol. The highest BCUT2D eigenvalue weighted by atomic mass is 32.2. The van der Waals surface area contributed by atoms with Gasteiger partial charge in [-0.3, -0.25) is 9.59 Å². The van der Waals surface area contributed by atoms with Gasteiger partial charge in [-0.1, -0.05) is 0 Å². The van der Waals surface area contributed by atoms with Crippen LogP contribution in [0.15, 0.2) is 0 Å². The fourth-order valence-electron chi connectivity index (χ4n) is 2.23. The monoisotopic (exact) mass is 305 g/mol. The maximum Gasteiger partial charge on any atom is 0.239 e. The van der Waals surface area contributed by atoms with E-state index in [1.807, 2.05) is 0 Å². The zero-order valence-electron chi connectivity index (χ0n) is 12.0. The van der Waals surface area contributed by atoms with Gasteiger partial charge in [0.05, 0.1) is 11.8 Å². The normalized spacial score (nSPS) is 18.6. The van der Waals surface area contributed by atoms with Gasteiger partial charge in [0.15, 0.2) is 0 Å². The van der Waals surface area contributed by atoms with E-state index in [-0.39, 0.29) is 30.0 Å². The van der Waals surface area contributed by atoms with Crippen LogP contribution in [0.5, 0.6) is 0 Å². The van der Waals surface area contributed by atoms with Gasteiger partial charge in [0.2, 0.25) is 11.8 Å². The van der Waals surface area contributed by atoms with E-state index in [1.54, 1.807) is 4.90 Å². The number of nitrogens with two attached hydrogens (primary N) is 1. The fraction of sp³-hybridized carbons (Fsp3) is 0.833. The van der Waals surface area contributed by atoms with Crippen LogP contribution in [0.25, 0.3) is 0 Å². The Morgan fingerprint density at radius 3 is 2.35 bits per heavy atom. The van der Waals surface area contributed by atoms with Crippen LogP contribution in [0, 0.1) is 0 Å². The summed E-state index contributed by atoms with van der Waals surface area (Å²) in [5, 5.41) is 2.83. The van der Waals surface area contributed by atoms with Crippen LogP contribution in [0.2, 0.25) is 0 Å². The van der Waals surface area contributed by atoms with E-state index in [4.69, 9.17) is 5.73 Å². The second-order valence-electron chi connectivity index (χ2n) is 5.33. The van der Waals surface area contributed by atoms with Crippen molar-refractivity contribution in [3.8, 4) is 0 Å². The van der Waals surface area contributed by atoms with Crippen molar-refractivity contribution in [3.05, 3.63) is 0 Å². The number of carbonyl (C=O) groups excluding carboxylic acids is 2. The summed E-state index contributed by atoms with van der Waals surface area (Å²) in [5.41, 5.74) is 5.75. The fourth-order valence-corrected chi connectivity index (χ4v) is 2.91. The SMILES string of the molecule is CC(=O)NC1CCN(C(=O)C(N)CCS(C)(=O)=O)CC1. The number of rotatable bonds is 5. The van der Waals surface area contributed by atoms with Crippen LogP contribution >= 0.6 is 0 Å². The highest BCUT2D eigenvalue weighted by molar-refractivity contribution is 7.90. The Morgan fingerprint density at radius 2 is 1.90 bits per heavy atom. The van der Waals surface area contributed by atoms with E-state index in [0.717, 1.165) is 6.26 Å². The molecular weight excluding hydrogens is 282 g/mol. The molecule has 0 saturated carbocycles. The van der Waals surface area contributed by atoms with Crippen LogP contribution in [-0.2, 0) is 19.4 Å². The first-order valence-corrected chi connectivity index (χ1v) is 8.74. The van der Waals surface area contributed by atoms with Crippen molar-refractivity contribution in [1.29, 1.82) is 0 Å². The summed E-state index contributed by atoms with van der Waals surface area (Å²) >= 11 is 0. The standard InChI is InChI=1S/C12H23N3O4S/c1-9(16)14-10-3-6-15(7-4-10)12(17)11(13)5-8-20(2,18)19/h10-11H,3-8,13H2,1-2H3,(H,14,16). The highest BCUT2D eigenvalue weighted by Gasteiger charge is 2.26. The van der Waals surface area contributed by atoms with Crippen molar-refractivity contribution < 1.29 is 18.0 Å². The van der Waals surface area contributed by atoms with Gasteiger partial charge >= 0.3 is 0 Å². The second kappa shape index (κ2) is 7.03. The van der Waals surface area contributed by atoms with Crippen LogP contribution in [0.4, 0.5) is 0 Å². The molecule has 0 spiro atoms. The first-order chi connectivity index (χ1) is 9.19. The largest absolute Gasteiger partial charge is 0.353 e. The summed E-state index contributed by atoms with van der Waals surface area (Å²) in [4.78, 5) is 24.7. The molecule has 1 aliphatic rings. The quantitative estimate of drug-likeness (QED) is 0.668. The van der Waals surface area contributed by atoms with Gasteiger partial charge in [-0.25, -0.2) is 8.42 Å². The van der Waals surface area contributed by atoms with Crippen molar-refractivity contribution in [2.45, 2.75) is 38.3 Å². The van der Waals surface area contributed by atoms with E-state index < -0.39 is 15.9 Å². The number of amides is 2. The molecule has 2 amide bonds. The van der Waals surface area contributed by atoms with Gasteiger partial charge in [-0.15, -0.1) is 0 Å². The van der Waals surface area contributed by atoms with E-state index in [9.17, 15) is 18.0 Å². The number of hydrogen-bond donors (Lipinski definition) is 2. The van der Waals surface area contributed by atoms with E-state index >= 15 is 0 Å². The number of carbonyl (C=O) groups is 2. The molecule has 1 fully saturated rings. The molecule has 3 N–H and O–H groups in total. The molecule has 7 nitrogen and oxygen atoms in total. The highest BCUT2D eigenvalue weighted by Crippen LogP contribution is 2.12. The summed E-state index contributed by atoms with van der Waals surface area (Å²) in [5.74, 6) is -0.364. The molecular formula is C12H23N3O4S. The third kappa shape index (κ3) is 5.87. The molecule has 1 atom stereocenters. The van der Waals surface area contributed by atoms with Gasteiger partial charge in [0, 0.05) is 32.3 Å². The topological polar surface area (TPSA) is 110 Å². The lowest BCUT2D eigenvalue weighted by Crippen LogP contribution is -2.51. The second-order valence-corrected chi connectivity index (χ2v) is 7.58. The molecule has 0 aromatic heterocycles. The Kier molecular flexibility index (Phi) is 5.94. The number of nitrogens with zero attached hydrogens (tertiary/aromatic N) is 1. The number of likely N-dealkylation sites (tertiary alicyclic amines) is 1. The van der Waals surface area contributed by atoms with Gasteiger partial charge in [-0.2, -0.15) is 0 Å². The molecule has 0 bridgehead atoms. The number of sulfone groups is 1. The lowest BCUT2D eigenvalue weighted by Gasteiger charge is -2.33. The minimum Gasteiger partial charge on any atom is -0.353 e. The van der Waals surface area contributed by atoms with Crippen molar-refractivity contribution in [2.75, 3.05) is 25.1 Å². The zero-order chi connectivity index (χ0) is 15.3. The van der Waals surface area contributed by atoms with E-state index in [0.29, 0.717) is 25.9 Å². The van der Waals surface area contributed by atoms with Gasteiger partial charge in [0.25, 0.3) is 0 Å². The Bertz CT molecular complexity index is 455. The molecule has 0 aromatic rings. The molecule has 1 saturated heterocycles. The summed E-state index contributed by atoms with van der Waals surface area (Å²) in [7, 11) is -3.10. The summed E-state index contributed by atoms with van der Waals surface area (Å²) < 4.78 is 22.1. The minimum absolute atomic E-state index is 0.0698.